The van der Waals surface area contributed by atoms with E-state index in [1.54, 1.807) is 23.2 Å². The number of nitrogen functional groups attached to an aromatic ring is 1. The van der Waals surface area contributed by atoms with Crippen molar-refractivity contribution in [2.75, 3.05) is 5.73 Å². The van der Waals surface area contributed by atoms with Crippen molar-refractivity contribution in [2.24, 2.45) is 0 Å². The Bertz CT molecular complexity index is 638. The van der Waals surface area contributed by atoms with Crippen LogP contribution in [0.15, 0.2) is 29.6 Å². The SMILES string of the molecule is Cc1cc(N)cc(C(=O)N(Cc2cccs2)C(C)C)c1F. The molecule has 0 aliphatic rings. The molecule has 0 spiro atoms. The van der Waals surface area contributed by atoms with Gasteiger partial charge in [0, 0.05) is 16.6 Å². The molecule has 0 aliphatic carbocycles. The quantitative estimate of drug-likeness (QED) is 0.873. The highest BCUT2D eigenvalue weighted by molar-refractivity contribution is 7.09. The van der Waals surface area contributed by atoms with E-state index in [1.165, 1.54) is 12.1 Å². The zero-order valence-corrected chi connectivity index (χ0v) is 13.2. The molecule has 3 nitrogen and oxygen atoms in total. The predicted molar refractivity (Wildman–Crippen MR) is 84.9 cm³/mol. The van der Waals surface area contributed by atoms with Crippen LogP contribution in [0.5, 0.6) is 0 Å². The number of nitrogens with zero attached hydrogens (tertiary/aromatic N) is 1. The number of carbonyl (C=O) groups is 1. The molecule has 0 atom stereocenters. The van der Waals surface area contributed by atoms with Gasteiger partial charge in [0.05, 0.1) is 12.1 Å². The van der Waals surface area contributed by atoms with Crippen molar-refractivity contribution >= 4 is 22.9 Å². The fraction of sp³-hybridized carbons (Fsp3) is 0.312. The van der Waals surface area contributed by atoms with Crippen LogP contribution in [0.1, 0.15) is 34.6 Å². The van der Waals surface area contributed by atoms with E-state index < -0.39 is 5.82 Å². The van der Waals surface area contributed by atoms with Gasteiger partial charge in [0.15, 0.2) is 0 Å². The second-order valence-electron chi connectivity index (χ2n) is 5.31. The van der Waals surface area contributed by atoms with Crippen LogP contribution in [-0.4, -0.2) is 16.8 Å². The predicted octanol–water partition coefficient (Wildman–Crippen LogP) is 3.83. The zero-order chi connectivity index (χ0) is 15.6. The lowest BCUT2D eigenvalue weighted by Crippen LogP contribution is -2.36. The molecule has 0 bridgehead atoms. The first-order chi connectivity index (χ1) is 9.90. The van der Waals surface area contributed by atoms with Gasteiger partial charge in [0.25, 0.3) is 5.91 Å². The summed E-state index contributed by atoms with van der Waals surface area (Å²) in [5, 5.41) is 1.96. The number of hydrogen-bond donors (Lipinski definition) is 1. The fourth-order valence-corrected chi connectivity index (χ4v) is 2.87. The summed E-state index contributed by atoms with van der Waals surface area (Å²) in [7, 11) is 0. The van der Waals surface area contributed by atoms with Crippen LogP contribution in [0.2, 0.25) is 0 Å². The van der Waals surface area contributed by atoms with E-state index in [1.807, 2.05) is 31.4 Å². The number of aryl methyl sites for hydroxylation is 1. The lowest BCUT2D eigenvalue weighted by atomic mass is 10.1. The number of anilines is 1. The highest BCUT2D eigenvalue weighted by atomic mass is 32.1. The zero-order valence-electron chi connectivity index (χ0n) is 12.4. The van der Waals surface area contributed by atoms with Crippen molar-refractivity contribution in [3.8, 4) is 0 Å². The molecule has 1 aromatic carbocycles. The lowest BCUT2D eigenvalue weighted by molar-refractivity contribution is 0.0687. The first-order valence-corrected chi connectivity index (χ1v) is 7.67. The minimum atomic E-state index is -0.494. The van der Waals surface area contributed by atoms with Crippen molar-refractivity contribution in [1.82, 2.24) is 4.90 Å². The Morgan fingerprint density at radius 2 is 2.14 bits per heavy atom. The number of nitrogens with two attached hydrogens (primary N) is 1. The molecular weight excluding hydrogens is 287 g/mol. The number of thiophene rings is 1. The van der Waals surface area contributed by atoms with E-state index in [-0.39, 0.29) is 17.5 Å². The summed E-state index contributed by atoms with van der Waals surface area (Å²) in [4.78, 5) is 15.4. The van der Waals surface area contributed by atoms with E-state index in [0.29, 0.717) is 17.8 Å². The third kappa shape index (κ3) is 3.42. The number of hydrogen-bond acceptors (Lipinski definition) is 3. The summed E-state index contributed by atoms with van der Waals surface area (Å²) in [6.45, 7) is 5.92. The minimum absolute atomic E-state index is 0.0271. The fourth-order valence-electron chi connectivity index (χ4n) is 2.17. The summed E-state index contributed by atoms with van der Waals surface area (Å²) < 4.78 is 14.2. The Balaban J connectivity index is 2.35. The minimum Gasteiger partial charge on any atom is -0.399 e. The summed E-state index contributed by atoms with van der Waals surface area (Å²) in [6, 6.07) is 6.82. The topological polar surface area (TPSA) is 46.3 Å². The third-order valence-electron chi connectivity index (χ3n) is 3.30. The Kier molecular flexibility index (Phi) is 4.63. The molecule has 0 fully saturated rings. The van der Waals surface area contributed by atoms with Crippen LogP contribution < -0.4 is 5.73 Å². The number of carbonyl (C=O) groups excluding carboxylic acids is 1. The van der Waals surface area contributed by atoms with Crippen LogP contribution in [0.25, 0.3) is 0 Å². The normalized spacial score (nSPS) is 10.9. The van der Waals surface area contributed by atoms with Gasteiger partial charge in [0.1, 0.15) is 5.82 Å². The molecule has 0 unspecified atom stereocenters. The third-order valence-corrected chi connectivity index (χ3v) is 4.16. The molecule has 1 heterocycles. The monoisotopic (exact) mass is 306 g/mol. The molecule has 0 aliphatic heterocycles. The van der Waals surface area contributed by atoms with Gasteiger partial charge in [-0.3, -0.25) is 4.79 Å². The van der Waals surface area contributed by atoms with Gasteiger partial charge >= 0.3 is 0 Å². The first-order valence-electron chi connectivity index (χ1n) is 6.79. The van der Waals surface area contributed by atoms with Gasteiger partial charge in [0.2, 0.25) is 0 Å². The Labute approximate surface area is 128 Å². The van der Waals surface area contributed by atoms with Crippen LogP contribution in [-0.2, 0) is 6.54 Å². The van der Waals surface area contributed by atoms with Crippen LogP contribution >= 0.6 is 11.3 Å². The van der Waals surface area contributed by atoms with E-state index in [0.717, 1.165) is 4.88 Å². The second-order valence-corrected chi connectivity index (χ2v) is 6.34. The van der Waals surface area contributed by atoms with E-state index in [2.05, 4.69) is 0 Å². The molecule has 112 valence electrons. The molecule has 21 heavy (non-hydrogen) atoms. The largest absolute Gasteiger partial charge is 0.399 e. The van der Waals surface area contributed by atoms with Crippen molar-refractivity contribution in [1.29, 1.82) is 0 Å². The summed E-state index contributed by atoms with van der Waals surface area (Å²) in [5.41, 5.74) is 6.57. The van der Waals surface area contributed by atoms with E-state index >= 15 is 0 Å². The summed E-state index contributed by atoms with van der Waals surface area (Å²) >= 11 is 1.58. The van der Waals surface area contributed by atoms with Gasteiger partial charge in [-0.15, -0.1) is 11.3 Å². The first kappa shape index (κ1) is 15.5. The molecule has 0 radical (unpaired) electrons. The highest BCUT2D eigenvalue weighted by Crippen LogP contribution is 2.22. The molecule has 1 amide bonds. The maximum absolute atomic E-state index is 14.2. The number of benzene rings is 1. The van der Waals surface area contributed by atoms with E-state index in [4.69, 9.17) is 5.73 Å². The van der Waals surface area contributed by atoms with Gasteiger partial charge in [-0.2, -0.15) is 0 Å². The second kappa shape index (κ2) is 6.26. The van der Waals surface area contributed by atoms with Crippen molar-refractivity contribution < 1.29 is 9.18 Å². The number of amides is 1. The smallest absolute Gasteiger partial charge is 0.257 e. The van der Waals surface area contributed by atoms with Gasteiger partial charge in [-0.25, -0.2) is 4.39 Å². The average Bonchev–Trinajstić information content (AvgIpc) is 2.92. The Hall–Kier alpha value is -1.88. The van der Waals surface area contributed by atoms with Gasteiger partial charge in [-0.05, 0) is 49.9 Å². The molecule has 0 saturated carbocycles. The Morgan fingerprint density at radius 3 is 2.71 bits per heavy atom. The lowest BCUT2D eigenvalue weighted by Gasteiger charge is -2.27. The standard InChI is InChI=1S/C16H19FN2OS/c1-10(2)19(9-13-5-4-6-21-13)16(20)14-8-12(18)7-11(3)15(14)17/h4-8,10H,9,18H2,1-3H3. The maximum atomic E-state index is 14.2. The maximum Gasteiger partial charge on any atom is 0.257 e. The highest BCUT2D eigenvalue weighted by Gasteiger charge is 2.23. The summed E-state index contributed by atoms with van der Waals surface area (Å²) in [6.07, 6.45) is 0. The number of halogens is 1. The number of rotatable bonds is 4. The molecule has 2 N–H and O–H groups in total. The van der Waals surface area contributed by atoms with Crippen molar-refractivity contribution in [3.05, 3.63) is 51.5 Å². The van der Waals surface area contributed by atoms with Crippen LogP contribution in [0.4, 0.5) is 10.1 Å². The van der Waals surface area contributed by atoms with Gasteiger partial charge in [-0.1, -0.05) is 6.07 Å². The molecular formula is C16H19FN2OS. The van der Waals surface area contributed by atoms with Crippen LogP contribution in [0, 0.1) is 12.7 Å². The van der Waals surface area contributed by atoms with Crippen molar-refractivity contribution in [3.63, 3.8) is 0 Å². The molecule has 5 heteroatoms. The van der Waals surface area contributed by atoms with E-state index in [9.17, 15) is 9.18 Å². The molecule has 0 saturated heterocycles. The molecule has 2 rings (SSSR count). The molecule has 2 aromatic rings. The van der Waals surface area contributed by atoms with Crippen molar-refractivity contribution in [2.45, 2.75) is 33.4 Å². The average molecular weight is 306 g/mol. The summed E-state index contributed by atoms with van der Waals surface area (Å²) in [5.74, 6) is -0.822. The van der Waals surface area contributed by atoms with Crippen LogP contribution in [0.3, 0.4) is 0 Å². The van der Waals surface area contributed by atoms with Gasteiger partial charge < -0.3 is 10.6 Å². The molecule has 1 aromatic heterocycles. The Morgan fingerprint density at radius 1 is 1.43 bits per heavy atom.